The van der Waals surface area contributed by atoms with Gasteiger partial charge in [-0.05, 0) is 25.3 Å². The highest BCUT2D eigenvalue weighted by molar-refractivity contribution is 5.86. The number of amides is 1. The highest BCUT2D eigenvalue weighted by Gasteiger charge is 2.29. The van der Waals surface area contributed by atoms with Crippen molar-refractivity contribution in [3.63, 3.8) is 0 Å². The SMILES string of the molecule is C#CCCCCNC(=O)C(C)(N)c1ccccc1. The summed E-state index contributed by atoms with van der Waals surface area (Å²) < 4.78 is 0. The number of benzene rings is 1. The van der Waals surface area contributed by atoms with Gasteiger partial charge in [0.1, 0.15) is 5.54 Å². The van der Waals surface area contributed by atoms with Crippen molar-refractivity contribution in [2.24, 2.45) is 5.73 Å². The van der Waals surface area contributed by atoms with Crippen LogP contribution in [0.15, 0.2) is 30.3 Å². The first kappa shape index (κ1) is 14.3. The van der Waals surface area contributed by atoms with Gasteiger partial charge in [-0.2, -0.15) is 0 Å². The lowest BCUT2D eigenvalue weighted by atomic mass is 9.92. The molecule has 0 bridgehead atoms. The number of carbonyl (C=O) groups excluding carboxylic acids is 1. The molecule has 0 aliphatic carbocycles. The minimum Gasteiger partial charge on any atom is -0.354 e. The molecule has 0 saturated heterocycles. The van der Waals surface area contributed by atoms with Gasteiger partial charge in [0.25, 0.3) is 0 Å². The van der Waals surface area contributed by atoms with E-state index in [0.29, 0.717) is 6.54 Å². The Labute approximate surface area is 109 Å². The zero-order valence-electron chi connectivity index (χ0n) is 10.8. The molecule has 18 heavy (non-hydrogen) atoms. The summed E-state index contributed by atoms with van der Waals surface area (Å²) in [7, 11) is 0. The summed E-state index contributed by atoms with van der Waals surface area (Å²) in [5, 5.41) is 2.85. The molecule has 1 unspecified atom stereocenters. The molecule has 0 fully saturated rings. The van der Waals surface area contributed by atoms with Crippen LogP contribution in [-0.2, 0) is 10.3 Å². The summed E-state index contributed by atoms with van der Waals surface area (Å²) in [6.45, 7) is 2.33. The molecular formula is C15H20N2O. The maximum atomic E-state index is 12.0. The normalized spacial score (nSPS) is 13.4. The second-order valence-corrected chi connectivity index (χ2v) is 4.49. The van der Waals surface area contributed by atoms with Gasteiger partial charge in [0.05, 0.1) is 0 Å². The van der Waals surface area contributed by atoms with E-state index in [1.54, 1.807) is 6.92 Å². The van der Waals surface area contributed by atoms with Crippen molar-refractivity contribution in [3.05, 3.63) is 35.9 Å². The van der Waals surface area contributed by atoms with E-state index in [0.717, 1.165) is 24.8 Å². The number of rotatable bonds is 6. The quantitative estimate of drug-likeness (QED) is 0.592. The first-order valence-electron chi connectivity index (χ1n) is 6.15. The van der Waals surface area contributed by atoms with Crippen LogP contribution >= 0.6 is 0 Å². The Morgan fingerprint density at radius 2 is 2.06 bits per heavy atom. The summed E-state index contributed by atoms with van der Waals surface area (Å²) in [6.07, 6.45) is 7.70. The van der Waals surface area contributed by atoms with E-state index in [1.165, 1.54) is 0 Å². The Morgan fingerprint density at radius 1 is 1.39 bits per heavy atom. The number of hydrogen-bond acceptors (Lipinski definition) is 2. The van der Waals surface area contributed by atoms with Crippen molar-refractivity contribution < 1.29 is 4.79 Å². The molecule has 1 aromatic rings. The van der Waals surface area contributed by atoms with Gasteiger partial charge in [-0.1, -0.05) is 30.3 Å². The molecule has 0 radical (unpaired) electrons. The van der Waals surface area contributed by atoms with Gasteiger partial charge in [0, 0.05) is 13.0 Å². The van der Waals surface area contributed by atoms with Crippen molar-refractivity contribution in [1.82, 2.24) is 5.32 Å². The fourth-order valence-corrected chi connectivity index (χ4v) is 1.65. The molecular weight excluding hydrogens is 224 g/mol. The van der Waals surface area contributed by atoms with Gasteiger partial charge >= 0.3 is 0 Å². The molecule has 0 aliphatic rings. The molecule has 1 aromatic carbocycles. The molecule has 0 aromatic heterocycles. The topological polar surface area (TPSA) is 55.1 Å². The lowest BCUT2D eigenvalue weighted by molar-refractivity contribution is -0.126. The average Bonchev–Trinajstić information content (AvgIpc) is 2.39. The second-order valence-electron chi connectivity index (χ2n) is 4.49. The Kier molecular flexibility index (Phi) is 5.41. The summed E-state index contributed by atoms with van der Waals surface area (Å²) >= 11 is 0. The molecule has 1 rings (SSSR count). The Bertz CT molecular complexity index is 418. The standard InChI is InChI=1S/C15H20N2O/c1-3-4-5-9-12-17-14(18)15(2,16)13-10-7-6-8-11-13/h1,6-8,10-11H,4-5,9,12,16H2,2H3,(H,17,18). The maximum absolute atomic E-state index is 12.0. The van der Waals surface area contributed by atoms with E-state index >= 15 is 0 Å². The third kappa shape index (κ3) is 3.90. The number of hydrogen-bond donors (Lipinski definition) is 2. The van der Waals surface area contributed by atoms with Gasteiger partial charge in [-0.25, -0.2) is 0 Å². The van der Waals surface area contributed by atoms with E-state index in [4.69, 9.17) is 12.2 Å². The predicted molar refractivity (Wildman–Crippen MR) is 73.7 cm³/mol. The van der Waals surface area contributed by atoms with Crippen molar-refractivity contribution in [2.45, 2.75) is 31.7 Å². The molecule has 0 aliphatic heterocycles. The van der Waals surface area contributed by atoms with Crippen LogP contribution in [0, 0.1) is 12.3 Å². The molecule has 1 atom stereocenters. The molecule has 0 saturated carbocycles. The number of nitrogens with two attached hydrogens (primary N) is 1. The van der Waals surface area contributed by atoms with Crippen LogP contribution in [0.4, 0.5) is 0 Å². The van der Waals surface area contributed by atoms with Gasteiger partial charge in [0.15, 0.2) is 0 Å². The summed E-state index contributed by atoms with van der Waals surface area (Å²) in [6, 6.07) is 9.37. The van der Waals surface area contributed by atoms with Gasteiger partial charge in [-0.3, -0.25) is 4.79 Å². The highest BCUT2D eigenvalue weighted by atomic mass is 16.2. The van der Waals surface area contributed by atoms with Gasteiger partial charge in [-0.15, -0.1) is 12.3 Å². The fourth-order valence-electron chi connectivity index (χ4n) is 1.65. The number of terminal acetylenes is 1. The van der Waals surface area contributed by atoms with Gasteiger partial charge < -0.3 is 11.1 Å². The summed E-state index contributed by atoms with van der Waals surface area (Å²) in [5.41, 5.74) is 5.90. The molecule has 1 amide bonds. The molecule has 3 heteroatoms. The van der Waals surface area contributed by atoms with Crippen LogP contribution in [0.3, 0.4) is 0 Å². The van der Waals surface area contributed by atoms with E-state index in [2.05, 4.69) is 11.2 Å². The van der Waals surface area contributed by atoms with Crippen molar-refractivity contribution in [1.29, 1.82) is 0 Å². The van der Waals surface area contributed by atoms with Crippen LogP contribution < -0.4 is 11.1 Å². The van der Waals surface area contributed by atoms with E-state index in [-0.39, 0.29) is 5.91 Å². The first-order chi connectivity index (χ1) is 8.59. The maximum Gasteiger partial charge on any atom is 0.244 e. The minimum absolute atomic E-state index is 0.158. The van der Waals surface area contributed by atoms with Gasteiger partial charge in [0.2, 0.25) is 5.91 Å². The predicted octanol–water partition coefficient (Wildman–Crippen LogP) is 1.78. The van der Waals surface area contributed by atoms with E-state index < -0.39 is 5.54 Å². The zero-order chi connectivity index (χ0) is 13.4. The Balaban J connectivity index is 2.48. The minimum atomic E-state index is -0.993. The van der Waals surface area contributed by atoms with Crippen LogP contribution in [0.2, 0.25) is 0 Å². The molecule has 0 heterocycles. The van der Waals surface area contributed by atoms with Crippen molar-refractivity contribution >= 4 is 5.91 Å². The van der Waals surface area contributed by atoms with Crippen LogP contribution in [-0.4, -0.2) is 12.5 Å². The number of nitrogens with one attached hydrogen (secondary N) is 1. The molecule has 3 nitrogen and oxygen atoms in total. The molecule has 3 N–H and O–H groups in total. The average molecular weight is 244 g/mol. The Morgan fingerprint density at radius 3 is 2.67 bits per heavy atom. The van der Waals surface area contributed by atoms with Crippen molar-refractivity contribution in [3.8, 4) is 12.3 Å². The lowest BCUT2D eigenvalue weighted by Crippen LogP contribution is -2.49. The highest BCUT2D eigenvalue weighted by Crippen LogP contribution is 2.17. The fraction of sp³-hybridized carbons (Fsp3) is 0.400. The molecule has 0 spiro atoms. The Hall–Kier alpha value is -1.79. The number of unbranched alkanes of at least 4 members (excludes halogenated alkanes) is 2. The largest absolute Gasteiger partial charge is 0.354 e. The smallest absolute Gasteiger partial charge is 0.244 e. The van der Waals surface area contributed by atoms with Crippen LogP contribution in [0.1, 0.15) is 31.7 Å². The first-order valence-corrected chi connectivity index (χ1v) is 6.15. The third-order valence-electron chi connectivity index (χ3n) is 2.88. The van der Waals surface area contributed by atoms with Crippen LogP contribution in [0.25, 0.3) is 0 Å². The summed E-state index contributed by atoms with van der Waals surface area (Å²) in [5.74, 6) is 2.42. The summed E-state index contributed by atoms with van der Waals surface area (Å²) in [4.78, 5) is 12.0. The molecule has 96 valence electrons. The van der Waals surface area contributed by atoms with E-state index in [9.17, 15) is 4.79 Å². The van der Waals surface area contributed by atoms with E-state index in [1.807, 2.05) is 30.3 Å². The zero-order valence-corrected chi connectivity index (χ0v) is 10.8. The monoisotopic (exact) mass is 244 g/mol. The second kappa shape index (κ2) is 6.83. The number of carbonyl (C=O) groups is 1. The van der Waals surface area contributed by atoms with Crippen molar-refractivity contribution in [2.75, 3.05) is 6.54 Å². The lowest BCUT2D eigenvalue weighted by Gasteiger charge is -2.24. The van der Waals surface area contributed by atoms with Crippen LogP contribution in [0.5, 0.6) is 0 Å². The third-order valence-corrected chi connectivity index (χ3v) is 2.88.